The normalized spacial score (nSPS) is 16.7. The molecular weight excluding hydrogens is 284 g/mol. The summed E-state index contributed by atoms with van der Waals surface area (Å²) in [7, 11) is 0. The van der Waals surface area contributed by atoms with Crippen molar-refractivity contribution in [2.75, 3.05) is 0 Å². The minimum absolute atomic E-state index is 0.297. The van der Waals surface area contributed by atoms with E-state index in [1.807, 2.05) is 18.2 Å². The number of phenolic OH excluding ortho intramolecular Hbond substituents is 2. The van der Waals surface area contributed by atoms with E-state index in [-0.39, 0.29) is 0 Å². The molecule has 0 amide bonds. The van der Waals surface area contributed by atoms with Crippen LogP contribution in [0.15, 0.2) is 42.5 Å². The Morgan fingerprint density at radius 2 is 1.61 bits per heavy atom. The van der Waals surface area contributed by atoms with Crippen molar-refractivity contribution < 1.29 is 10.2 Å². The van der Waals surface area contributed by atoms with Gasteiger partial charge in [0.1, 0.15) is 11.5 Å². The zero-order valence-electron chi connectivity index (χ0n) is 13.8. The highest BCUT2D eigenvalue weighted by Gasteiger charge is 2.31. The van der Waals surface area contributed by atoms with Gasteiger partial charge in [-0.2, -0.15) is 0 Å². The Bertz CT molecular complexity index is 726. The molecule has 0 fully saturated rings. The third-order valence-corrected chi connectivity index (χ3v) is 4.79. The van der Waals surface area contributed by atoms with Gasteiger partial charge in [0.15, 0.2) is 0 Å². The highest BCUT2D eigenvalue weighted by molar-refractivity contribution is 5.99. The zero-order chi connectivity index (χ0) is 16.4. The highest BCUT2D eigenvalue weighted by atomic mass is 16.3. The molecule has 0 spiro atoms. The number of benzene rings is 2. The first-order chi connectivity index (χ1) is 11.2. The first-order valence-corrected chi connectivity index (χ1v) is 8.51. The van der Waals surface area contributed by atoms with Crippen LogP contribution in [-0.2, 0) is 0 Å². The van der Waals surface area contributed by atoms with Gasteiger partial charge in [-0.3, -0.25) is 0 Å². The van der Waals surface area contributed by atoms with Gasteiger partial charge in [-0.15, -0.1) is 0 Å². The van der Waals surface area contributed by atoms with Crippen molar-refractivity contribution in [2.45, 2.75) is 45.4 Å². The maximum absolute atomic E-state index is 9.94. The molecule has 2 nitrogen and oxygen atoms in total. The molecule has 0 heterocycles. The van der Waals surface area contributed by atoms with Gasteiger partial charge in [0.05, 0.1) is 0 Å². The lowest BCUT2D eigenvalue weighted by Gasteiger charge is -2.18. The zero-order valence-corrected chi connectivity index (χ0v) is 13.8. The van der Waals surface area contributed by atoms with Gasteiger partial charge >= 0.3 is 0 Å². The molecule has 2 aromatic carbocycles. The number of hydrogen-bond acceptors (Lipinski definition) is 2. The third-order valence-electron chi connectivity index (χ3n) is 4.79. The molecule has 23 heavy (non-hydrogen) atoms. The molecule has 0 aromatic heterocycles. The van der Waals surface area contributed by atoms with E-state index in [0.29, 0.717) is 17.4 Å². The van der Waals surface area contributed by atoms with E-state index in [1.165, 1.54) is 34.3 Å². The number of hydrogen-bond donors (Lipinski definition) is 2. The largest absolute Gasteiger partial charge is 0.508 e. The summed E-state index contributed by atoms with van der Waals surface area (Å²) < 4.78 is 0. The molecule has 0 saturated heterocycles. The second kappa shape index (κ2) is 6.49. The summed E-state index contributed by atoms with van der Waals surface area (Å²) in [6.45, 7) is 4.40. The predicted octanol–water partition coefficient (Wildman–Crippen LogP) is 5.71. The van der Waals surface area contributed by atoms with Crippen molar-refractivity contribution in [1.82, 2.24) is 0 Å². The van der Waals surface area contributed by atoms with Crippen LogP contribution >= 0.6 is 0 Å². The minimum Gasteiger partial charge on any atom is -0.508 e. The second-order valence-electron chi connectivity index (χ2n) is 6.26. The number of unbranched alkanes of at least 4 members (excludes halogenated alkanes) is 1. The third kappa shape index (κ3) is 2.86. The van der Waals surface area contributed by atoms with Crippen LogP contribution in [-0.4, -0.2) is 10.2 Å². The maximum atomic E-state index is 9.94. The van der Waals surface area contributed by atoms with E-state index < -0.39 is 0 Å². The van der Waals surface area contributed by atoms with Crippen molar-refractivity contribution in [2.24, 2.45) is 0 Å². The molecule has 0 radical (unpaired) electrons. The standard InChI is InChI=1S/C21H24O2/c1-3-5-6-19-20-13-16(23)11-12-18(20)17(4-2)21(19)14-7-9-15(22)10-8-14/h7-13,19,22-23H,3-6H2,1-2H3/t19-/m1/s1. The second-order valence-corrected chi connectivity index (χ2v) is 6.26. The molecule has 2 aromatic rings. The Morgan fingerprint density at radius 1 is 0.913 bits per heavy atom. The molecule has 0 bridgehead atoms. The lowest BCUT2D eigenvalue weighted by atomic mass is 9.86. The number of rotatable bonds is 5. The molecule has 1 atom stereocenters. The summed E-state index contributed by atoms with van der Waals surface area (Å²) >= 11 is 0. The quantitative estimate of drug-likeness (QED) is 0.743. The number of aromatic hydroxyl groups is 2. The summed E-state index contributed by atoms with van der Waals surface area (Å²) in [4.78, 5) is 0. The van der Waals surface area contributed by atoms with E-state index in [4.69, 9.17) is 0 Å². The minimum atomic E-state index is 0.297. The van der Waals surface area contributed by atoms with Crippen molar-refractivity contribution in [1.29, 1.82) is 0 Å². The molecule has 0 aliphatic heterocycles. The van der Waals surface area contributed by atoms with Crippen molar-refractivity contribution >= 4 is 11.1 Å². The maximum Gasteiger partial charge on any atom is 0.115 e. The van der Waals surface area contributed by atoms with Gasteiger partial charge in [0.2, 0.25) is 0 Å². The van der Waals surface area contributed by atoms with Gasteiger partial charge in [0.25, 0.3) is 0 Å². The van der Waals surface area contributed by atoms with Crippen molar-refractivity contribution in [3.05, 3.63) is 59.2 Å². The number of fused-ring (bicyclic) bond motifs is 1. The predicted molar refractivity (Wildman–Crippen MR) is 95.6 cm³/mol. The number of allylic oxidation sites excluding steroid dienone is 2. The van der Waals surface area contributed by atoms with Crippen LogP contribution in [0.2, 0.25) is 0 Å². The fourth-order valence-corrected chi connectivity index (χ4v) is 3.73. The van der Waals surface area contributed by atoms with Crippen molar-refractivity contribution in [3.8, 4) is 11.5 Å². The Labute approximate surface area is 138 Å². The molecule has 2 heteroatoms. The molecule has 3 rings (SSSR count). The summed E-state index contributed by atoms with van der Waals surface area (Å²) in [6, 6.07) is 13.3. The first kappa shape index (κ1) is 15.7. The summed E-state index contributed by atoms with van der Waals surface area (Å²) in [6.07, 6.45) is 4.39. The van der Waals surface area contributed by atoms with Gasteiger partial charge in [-0.1, -0.05) is 44.9 Å². The van der Waals surface area contributed by atoms with Crippen LogP contribution in [0.3, 0.4) is 0 Å². The van der Waals surface area contributed by atoms with Crippen molar-refractivity contribution in [3.63, 3.8) is 0 Å². The summed E-state index contributed by atoms with van der Waals surface area (Å²) in [5, 5.41) is 19.5. The van der Waals surface area contributed by atoms with Crippen LogP contribution in [0, 0.1) is 0 Å². The average molecular weight is 308 g/mol. The smallest absolute Gasteiger partial charge is 0.115 e. The Morgan fingerprint density at radius 3 is 2.26 bits per heavy atom. The van der Waals surface area contributed by atoms with Gasteiger partial charge in [0, 0.05) is 5.92 Å². The van der Waals surface area contributed by atoms with Crippen LogP contribution in [0.4, 0.5) is 0 Å². The number of phenols is 2. The highest BCUT2D eigenvalue weighted by Crippen LogP contribution is 2.51. The molecule has 1 aliphatic carbocycles. The van der Waals surface area contributed by atoms with E-state index in [9.17, 15) is 10.2 Å². The molecule has 120 valence electrons. The van der Waals surface area contributed by atoms with Gasteiger partial charge in [-0.05, 0) is 64.9 Å². The van der Waals surface area contributed by atoms with E-state index >= 15 is 0 Å². The average Bonchev–Trinajstić information content (AvgIpc) is 2.86. The lowest BCUT2D eigenvalue weighted by Crippen LogP contribution is -1.99. The van der Waals surface area contributed by atoms with E-state index in [0.717, 1.165) is 19.3 Å². The van der Waals surface area contributed by atoms with Crippen LogP contribution in [0.1, 0.15) is 62.1 Å². The lowest BCUT2D eigenvalue weighted by molar-refractivity contribution is 0.474. The fraction of sp³-hybridized carbons (Fsp3) is 0.333. The molecule has 1 aliphatic rings. The summed E-state index contributed by atoms with van der Waals surface area (Å²) in [5.74, 6) is 0.967. The molecule has 0 unspecified atom stereocenters. The Balaban J connectivity index is 2.14. The fourth-order valence-electron chi connectivity index (χ4n) is 3.73. The Hall–Kier alpha value is -2.22. The SMILES string of the molecule is CCCC[C@H]1C(c2ccc(O)cc2)=C(CC)c2ccc(O)cc21. The first-order valence-electron chi connectivity index (χ1n) is 8.51. The summed E-state index contributed by atoms with van der Waals surface area (Å²) in [5.41, 5.74) is 6.43. The van der Waals surface area contributed by atoms with Crippen LogP contribution < -0.4 is 0 Å². The Kier molecular flexibility index (Phi) is 4.42. The van der Waals surface area contributed by atoms with Crippen LogP contribution in [0.5, 0.6) is 11.5 Å². The van der Waals surface area contributed by atoms with Crippen LogP contribution in [0.25, 0.3) is 11.1 Å². The van der Waals surface area contributed by atoms with E-state index in [1.54, 1.807) is 18.2 Å². The molecule has 0 saturated carbocycles. The van der Waals surface area contributed by atoms with Gasteiger partial charge < -0.3 is 10.2 Å². The monoisotopic (exact) mass is 308 g/mol. The molecular formula is C21H24O2. The molecule has 2 N–H and O–H groups in total. The topological polar surface area (TPSA) is 40.5 Å². The van der Waals surface area contributed by atoms with Gasteiger partial charge in [-0.25, -0.2) is 0 Å². The van der Waals surface area contributed by atoms with E-state index in [2.05, 4.69) is 19.9 Å².